The summed E-state index contributed by atoms with van der Waals surface area (Å²) in [4.78, 5) is 4.67. The molecule has 0 fully saturated rings. The molecule has 0 amide bonds. The molecule has 0 saturated carbocycles. The predicted octanol–water partition coefficient (Wildman–Crippen LogP) is 3.59. The average Bonchev–Trinajstić information content (AvgIpc) is 3.03. The Morgan fingerprint density at radius 1 is 1.07 bits per heavy atom. The Kier molecular flexibility index (Phi) is 4.30. The molecule has 0 aliphatic rings. The Morgan fingerprint density at radius 3 is 2.41 bits per heavy atom. The van der Waals surface area contributed by atoms with E-state index in [9.17, 15) is 0 Å². The zero-order chi connectivity index (χ0) is 18.8. The monoisotopic (exact) mass is 357 g/mol. The number of aromatic nitrogens is 3. The van der Waals surface area contributed by atoms with Crippen molar-refractivity contribution in [3.8, 4) is 11.6 Å². The van der Waals surface area contributed by atoms with Gasteiger partial charge in [-0.2, -0.15) is 10.1 Å². The summed E-state index contributed by atoms with van der Waals surface area (Å²) < 4.78 is 7.70. The SMILES string of the molecule is Cc1nn(-c2ccccc2)c2nc(OCc3ccccc3)c(C(=N)N)cc12. The van der Waals surface area contributed by atoms with Crippen LogP contribution in [-0.4, -0.2) is 20.6 Å². The third-order valence-electron chi connectivity index (χ3n) is 4.32. The summed E-state index contributed by atoms with van der Waals surface area (Å²) in [6.45, 7) is 2.26. The number of benzene rings is 2. The van der Waals surface area contributed by atoms with Gasteiger partial charge < -0.3 is 10.5 Å². The van der Waals surface area contributed by atoms with Crippen LogP contribution >= 0.6 is 0 Å². The molecule has 4 rings (SSSR count). The topological polar surface area (TPSA) is 89.8 Å². The number of nitrogens with two attached hydrogens (primary N) is 1. The number of para-hydroxylation sites is 1. The van der Waals surface area contributed by atoms with Gasteiger partial charge in [0, 0.05) is 5.39 Å². The number of rotatable bonds is 5. The number of hydrogen-bond donors (Lipinski definition) is 2. The highest BCUT2D eigenvalue weighted by Crippen LogP contribution is 2.27. The molecule has 0 aliphatic carbocycles. The van der Waals surface area contributed by atoms with E-state index in [0.717, 1.165) is 22.3 Å². The van der Waals surface area contributed by atoms with E-state index in [2.05, 4.69) is 10.1 Å². The second-order valence-electron chi connectivity index (χ2n) is 6.23. The largest absolute Gasteiger partial charge is 0.472 e. The molecule has 2 heterocycles. The van der Waals surface area contributed by atoms with Gasteiger partial charge in [-0.1, -0.05) is 48.5 Å². The van der Waals surface area contributed by atoms with Gasteiger partial charge in [0.25, 0.3) is 0 Å². The van der Waals surface area contributed by atoms with Crippen molar-refractivity contribution in [1.29, 1.82) is 5.41 Å². The number of hydrogen-bond acceptors (Lipinski definition) is 4. The van der Waals surface area contributed by atoms with Gasteiger partial charge in [-0.3, -0.25) is 5.41 Å². The van der Waals surface area contributed by atoms with Crippen molar-refractivity contribution in [2.24, 2.45) is 5.73 Å². The van der Waals surface area contributed by atoms with Crippen molar-refractivity contribution in [3.63, 3.8) is 0 Å². The molecule has 0 unspecified atom stereocenters. The van der Waals surface area contributed by atoms with E-state index < -0.39 is 0 Å². The van der Waals surface area contributed by atoms with Crippen LogP contribution in [0.2, 0.25) is 0 Å². The predicted molar refractivity (Wildman–Crippen MR) is 105 cm³/mol. The zero-order valence-corrected chi connectivity index (χ0v) is 14.9. The number of pyridine rings is 1. The van der Waals surface area contributed by atoms with Gasteiger partial charge in [-0.05, 0) is 30.7 Å². The van der Waals surface area contributed by atoms with Crippen LogP contribution in [-0.2, 0) is 6.61 Å². The van der Waals surface area contributed by atoms with Crippen LogP contribution < -0.4 is 10.5 Å². The van der Waals surface area contributed by atoms with Gasteiger partial charge in [-0.15, -0.1) is 0 Å². The van der Waals surface area contributed by atoms with Crippen molar-refractivity contribution in [2.75, 3.05) is 0 Å². The quantitative estimate of drug-likeness (QED) is 0.422. The van der Waals surface area contributed by atoms with Crippen LogP contribution in [0.1, 0.15) is 16.8 Å². The number of fused-ring (bicyclic) bond motifs is 1. The van der Waals surface area contributed by atoms with Crippen LogP contribution in [0.15, 0.2) is 66.7 Å². The highest BCUT2D eigenvalue weighted by molar-refractivity contribution is 6.00. The van der Waals surface area contributed by atoms with E-state index in [4.69, 9.17) is 15.9 Å². The number of amidine groups is 1. The molecule has 4 aromatic rings. The Balaban J connectivity index is 1.81. The lowest BCUT2D eigenvalue weighted by Crippen LogP contribution is -2.14. The highest BCUT2D eigenvalue weighted by Gasteiger charge is 2.17. The van der Waals surface area contributed by atoms with Crippen molar-refractivity contribution in [1.82, 2.24) is 14.8 Å². The van der Waals surface area contributed by atoms with Crippen LogP contribution in [0.25, 0.3) is 16.7 Å². The van der Waals surface area contributed by atoms with Crippen LogP contribution in [0.4, 0.5) is 0 Å². The fourth-order valence-corrected chi connectivity index (χ4v) is 2.94. The van der Waals surface area contributed by atoms with E-state index >= 15 is 0 Å². The molecule has 3 N–H and O–H groups in total. The first-order valence-electron chi connectivity index (χ1n) is 8.60. The van der Waals surface area contributed by atoms with Gasteiger partial charge >= 0.3 is 0 Å². The first-order valence-corrected chi connectivity index (χ1v) is 8.60. The molecule has 2 aromatic carbocycles. The molecule has 0 spiro atoms. The van der Waals surface area contributed by atoms with Crippen molar-refractivity contribution in [3.05, 3.63) is 83.6 Å². The van der Waals surface area contributed by atoms with Crippen LogP contribution in [0, 0.1) is 12.3 Å². The minimum atomic E-state index is -0.0840. The number of nitrogens with zero attached hydrogens (tertiary/aromatic N) is 3. The minimum absolute atomic E-state index is 0.0840. The molecular weight excluding hydrogens is 338 g/mol. The Hall–Kier alpha value is -3.67. The lowest BCUT2D eigenvalue weighted by Gasteiger charge is -2.11. The van der Waals surface area contributed by atoms with E-state index in [-0.39, 0.29) is 5.84 Å². The third kappa shape index (κ3) is 3.25. The van der Waals surface area contributed by atoms with Gasteiger partial charge in [0.1, 0.15) is 12.4 Å². The smallest absolute Gasteiger partial charge is 0.226 e. The summed E-state index contributed by atoms with van der Waals surface area (Å²) in [6, 6.07) is 21.4. The van der Waals surface area contributed by atoms with Gasteiger partial charge in [0.05, 0.1) is 16.9 Å². The van der Waals surface area contributed by atoms with Crippen LogP contribution in [0.5, 0.6) is 5.88 Å². The fourth-order valence-electron chi connectivity index (χ4n) is 2.94. The molecule has 6 nitrogen and oxygen atoms in total. The van der Waals surface area contributed by atoms with E-state index in [1.807, 2.05) is 73.7 Å². The molecule has 0 bridgehead atoms. The molecule has 6 heteroatoms. The van der Waals surface area contributed by atoms with Crippen molar-refractivity contribution < 1.29 is 4.74 Å². The van der Waals surface area contributed by atoms with E-state index in [1.54, 1.807) is 4.68 Å². The normalized spacial score (nSPS) is 10.9. The summed E-state index contributed by atoms with van der Waals surface area (Å²) in [5.41, 5.74) is 9.66. The van der Waals surface area contributed by atoms with E-state index in [0.29, 0.717) is 23.7 Å². The highest BCUT2D eigenvalue weighted by atomic mass is 16.5. The molecule has 27 heavy (non-hydrogen) atoms. The molecule has 0 aliphatic heterocycles. The zero-order valence-electron chi connectivity index (χ0n) is 14.9. The molecule has 0 saturated heterocycles. The first kappa shape index (κ1) is 16.8. The van der Waals surface area contributed by atoms with Crippen LogP contribution in [0.3, 0.4) is 0 Å². The second-order valence-corrected chi connectivity index (χ2v) is 6.23. The second kappa shape index (κ2) is 6.92. The summed E-state index contributed by atoms with van der Waals surface area (Å²) in [6.07, 6.45) is 0. The molecule has 0 atom stereocenters. The number of nitrogens with one attached hydrogen (secondary N) is 1. The van der Waals surface area contributed by atoms with E-state index in [1.165, 1.54) is 0 Å². The number of aryl methyl sites for hydroxylation is 1. The maximum absolute atomic E-state index is 7.91. The summed E-state index contributed by atoms with van der Waals surface area (Å²) in [5, 5.41) is 13.4. The Labute approximate surface area is 156 Å². The number of ether oxygens (including phenoxy) is 1. The Morgan fingerprint density at radius 2 is 1.74 bits per heavy atom. The van der Waals surface area contributed by atoms with Gasteiger partial charge in [0.15, 0.2) is 5.65 Å². The maximum Gasteiger partial charge on any atom is 0.226 e. The molecule has 134 valence electrons. The first-order chi connectivity index (χ1) is 13.1. The fraction of sp³-hybridized carbons (Fsp3) is 0.0952. The summed E-state index contributed by atoms with van der Waals surface area (Å²) >= 11 is 0. The molecule has 2 aromatic heterocycles. The maximum atomic E-state index is 7.91. The van der Waals surface area contributed by atoms with Gasteiger partial charge in [-0.25, -0.2) is 4.68 Å². The average molecular weight is 357 g/mol. The third-order valence-corrected chi connectivity index (χ3v) is 4.32. The lowest BCUT2D eigenvalue weighted by atomic mass is 10.2. The Bertz CT molecular complexity index is 1100. The molecular formula is C21H19N5O. The van der Waals surface area contributed by atoms with Crippen molar-refractivity contribution in [2.45, 2.75) is 13.5 Å². The lowest BCUT2D eigenvalue weighted by molar-refractivity contribution is 0.294. The summed E-state index contributed by atoms with van der Waals surface area (Å²) in [5.74, 6) is 0.246. The van der Waals surface area contributed by atoms with Gasteiger partial charge in [0.2, 0.25) is 5.88 Å². The summed E-state index contributed by atoms with van der Waals surface area (Å²) in [7, 11) is 0. The minimum Gasteiger partial charge on any atom is -0.472 e. The number of nitrogen functional groups attached to an aromatic ring is 1. The van der Waals surface area contributed by atoms with Crippen molar-refractivity contribution >= 4 is 16.9 Å². The molecule has 0 radical (unpaired) electrons. The standard InChI is InChI=1S/C21H19N5O/c1-14-17-12-18(19(22)23)21(27-13-15-8-4-2-5-9-15)24-20(17)26(25-14)16-10-6-3-7-11-16/h2-12H,13H2,1H3,(H3,22,23).